The van der Waals surface area contributed by atoms with Crippen LogP contribution in [0, 0.1) is 0 Å². The fraction of sp³-hybridized carbons (Fsp3) is 0.0769. The second kappa shape index (κ2) is 10.7. The SMILES string of the molecule is CC1(C)c2ccccc2-c2cc(-c3ccc(N(c4ccc5c(c4)-c4ccccc4C5)c4cccc5c6cccc7c8ccccc8n(c45)c76)cc3)ccc21. The van der Waals surface area contributed by atoms with Gasteiger partial charge in [0.05, 0.1) is 22.2 Å². The first kappa shape index (κ1) is 29.9. The van der Waals surface area contributed by atoms with Crippen molar-refractivity contribution >= 4 is 55.2 Å². The van der Waals surface area contributed by atoms with Gasteiger partial charge in [-0.3, -0.25) is 0 Å². The van der Waals surface area contributed by atoms with E-state index in [4.69, 9.17) is 0 Å². The van der Waals surface area contributed by atoms with Crippen LogP contribution in [0.4, 0.5) is 17.1 Å². The van der Waals surface area contributed by atoms with Crippen LogP contribution in [-0.2, 0) is 11.8 Å². The Morgan fingerprint density at radius 2 is 1.07 bits per heavy atom. The first-order chi connectivity index (χ1) is 26.5. The first-order valence-corrected chi connectivity index (χ1v) is 19.1. The minimum absolute atomic E-state index is 0.00257. The van der Waals surface area contributed by atoms with E-state index in [2.05, 4.69) is 193 Å². The van der Waals surface area contributed by atoms with E-state index in [-0.39, 0.29) is 5.41 Å². The minimum Gasteiger partial charge on any atom is -0.308 e. The normalized spacial score (nSPS) is 13.8. The number of aromatic nitrogens is 1. The predicted molar refractivity (Wildman–Crippen MR) is 227 cm³/mol. The van der Waals surface area contributed by atoms with Crippen molar-refractivity contribution in [2.75, 3.05) is 4.90 Å². The summed E-state index contributed by atoms with van der Waals surface area (Å²) in [6, 6.07) is 63.6. The van der Waals surface area contributed by atoms with Gasteiger partial charge in [0.15, 0.2) is 0 Å². The Balaban J connectivity index is 1.07. The molecule has 0 saturated carbocycles. The Morgan fingerprint density at radius 3 is 1.94 bits per heavy atom. The number of hydrogen-bond donors (Lipinski definition) is 0. The number of fused-ring (bicyclic) bond motifs is 12. The van der Waals surface area contributed by atoms with E-state index in [0.717, 1.165) is 17.8 Å². The summed E-state index contributed by atoms with van der Waals surface area (Å²) in [4.78, 5) is 2.48. The molecule has 254 valence electrons. The lowest BCUT2D eigenvalue weighted by Gasteiger charge is -2.27. The van der Waals surface area contributed by atoms with Crippen LogP contribution in [-0.4, -0.2) is 4.40 Å². The molecule has 2 aromatic heterocycles. The van der Waals surface area contributed by atoms with Crippen LogP contribution < -0.4 is 4.90 Å². The zero-order chi connectivity index (χ0) is 35.7. The molecule has 10 aromatic rings. The number of nitrogens with zero attached hydrogens (tertiary/aromatic N) is 2. The second-order valence-electron chi connectivity index (χ2n) is 15.7. The summed E-state index contributed by atoms with van der Waals surface area (Å²) in [7, 11) is 0. The van der Waals surface area contributed by atoms with Crippen molar-refractivity contribution in [2.24, 2.45) is 0 Å². The second-order valence-corrected chi connectivity index (χ2v) is 15.7. The van der Waals surface area contributed by atoms with Crippen LogP contribution in [0.15, 0.2) is 170 Å². The largest absolute Gasteiger partial charge is 0.308 e. The van der Waals surface area contributed by atoms with Gasteiger partial charge >= 0.3 is 0 Å². The van der Waals surface area contributed by atoms with Gasteiger partial charge in [-0.25, -0.2) is 0 Å². The molecule has 0 unspecified atom stereocenters. The van der Waals surface area contributed by atoms with E-state index in [1.807, 2.05) is 0 Å². The van der Waals surface area contributed by atoms with E-state index in [1.54, 1.807) is 0 Å². The summed E-state index contributed by atoms with van der Waals surface area (Å²) >= 11 is 0. The molecule has 2 heteroatoms. The zero-order valence-corrected chi connectivity index (χ0v) is 30.3. The summed E-state index contributed by atoms with van der Waals surface area (Å²) < 4.78 is 2.51. The molecule has 0 radical (unpaired) electrons. The van der Waals surface area contributed by atoms with Crippen molar-refractivity contribution in [3.05, 3.63) is 192 Å². The van der Waals surface area contributed by atoms with Crippen molar-refractivity contribution in [3.8, 4) is 33.4 Å². The van der Waals surface area contributed by atoms with Crippen LogP contribution in [0.25, 0.3) is 71.5 Å². The van der Waals surface area contributed by atoms with Gasteiger partial charge in [-0.1, -0.05) is 141 Å². The maximum atomic E-state index is 2.51. The van der Waals surface area contributed by atoms with Gasteiger partial charge in [-0.2, -0.15) is 0 Å². The standard InChI is InChI=1S/C52H36N2/c1-52(2)46-18-7-5-13-39(46)45-30-33(24-28-47(45)52)32-21-25-36(26-22-32)53(37-27-23-35-29-34-11-3-4-12-38(34)44(35)31-37)49-20-10-17-43-42-16-9-15-41-40-14-6-8-19-48(40)54(50(41)42)51(43)49/h3-28,30-31H,29H2,1-2H3. The molecule has 12 rings (SSSR count). The van der Waals surface area contributed by atoms with Gasteiger partial charge in [0.25, 0.3) is 0 Å². The Morgan fingerprint density at radius 1 is 0.444 bits per heavy atom. The highest BCUT2D eigenvalue weighted by molar-refractivity contribution is 6.25. The zero-order valence-electron chi connectivity index (χ0n) is 30.3. The molecule has 8 aromatic carbocycles. The highest BCUT2D eigenvalue weighted by Gasteiger charge is 2.35. The summed E-state index contributed by atoms with van der Waals surface area (Å²) in [6.45, 7) is 4.69. The number of rotatable bonds is 4. The molecule has 2 nitrogen and oxygen atoms in total. The molecule has 0 saturated heterocycles. The van der Waals surface area contributed by atoms with E-state index in [9.17, 15) is 0 Å². The molecule has 0 atom stereocenters. The Hall–Kier alpha value is -6.64. The summed E-state index contributed by atoms with van der Waals surface area (Å²) in [5, 5.41) is 5.16. The van der Waals surface area contributed by atoms with Gasteiger partial charge < -0.3 is 9.30 Å². The molecule has 54 heavy (non-hydrogen) atoms. The Bertz CT molecular complexity index is 3160. The average Bonchev–Trinajstić information content (AvgIpc) is 3.93. The minimum atomic E-state index is -0.00257. The number of anilines is 3. The highest BCUT2D eigenvalue weighted by Crippen LogP contribution is 2.51. The van der Waals surface area contributed by atoms with Crippen molar-refractivity contribution in [1.29, 1.82) is 0 Å². The molecule has 2 aliphatic carbocycles. The highest BCUT2D eigenvalue weighted by atomic mass is 15.2. The molecule has 2 heterocycles. The molecule has 2 aliphatic rings. The van der Waals surface area contributed by atoms with Gasteiger partial charge in [0.1, 0.15) is 0 Å². The molecule has 0 fully saturated rings. The summed E-state index contributed by atoms with van der Waals surface area (Å²) in [5.41, 5.74) is 20.7. The molecule has 0 N–H and O–H groups in total. The molecular formula is C52H36N2. The first-order valence-electron chi connectivity index (χ1n) is 19.1. The Kier molecular flexibility index (Phi) is 5.93. The third-order valence-corrected chi connectivity index (χ3v) is 12.5. The smallest absolute Gasteiger partial charge is 0.0782 e. The maximum absolute atomic E-state index is 2.51. The number of benzene rings is 8. The van der Waals surface area contributed by atoms with Crippen LogP contribution in [0.2, 0.25) is 0 Å². The van der Waals surface area contributed by atoms with E-state index >= 15 is 0 Å². The fourth-order valence-corrected chi connectivity index (χ4v) is 10.0. The van der Waals surface area contributed by atoms with Crippen molar-refractivity contribution in [2.45, 2.75) is 25.7 Å². The lowest BCUT2D eigenvalue weighted by molar-refractivity contribution is 0.660. The number of hydrogen-bond acceptors (Lipinski definition) is 1. The van der Waals surface area contributed by atoms with Crippen LogP contribution in [0.5, 0.6) is 0 Å². The fourth-order valence-electron chi connectivity index (χ4n) is 10.0. The van der Waals surface area contributed by atoms with E-state index in [1.165, 1.54) is 99.4 Å². The molecule has 0 bridgehead atoms. The molecule has 0 spiro atoms. The van der Waals surface area contributed by atoms with Gasteiger partial charge in [0, 0.05) is 38.3 Å². The maximum Gasteiger partial charge on any atom is 0.0782 e. The average molecular weight is 689 g/mol. The van der Waals surface area contributed by atoms with Crippen molar-refractivity contribution in [1.82, 2.24) is 4.40 Å². The van der Waals surface area contributed by atoms with Crippen molar-refractivity contribution < 1.29 is 0 Å². The third kappa shape index (κ3) is 3.95. The van der Waals surface area contributed by atoms with Crippen LogP contribution in [0.1, 0.15) is 36.1 Å². The van der Waals surface area contributed by atoms with Crippen molar-refractivity contribution in [3.63, 3.8) is 0 Å². The lowest BCUT2D eigenvalue weighted by Crippen LogP contribution is -2.14. The quantitative estimate of drug-likeness (QED) is 0.179. The van der Waals surface area contributed by atoms with E-state index in [0.29, 0.717) is 0 Å². The topological polar surface area (TPSA) is 7.65 Å². The third-order valence-electron chi connectivity index (χ3n) is 12.5. The van der Waals surface area contributed by atoms with Crippen LogP contribution >= 0.6 is 0 Å². The summed E-state index contributed by atoms with van der Waals surface area (Å²) in [6.07, 6.45) is 0.978. The summed E-state index contributed by atoms with van der Waals surface area (Å²) in [5.74, 6) is 0. The predicted octanol–water partition coefficient (Wildman–Crippen LogP) is 13.9. The lowest BCUT2D eigenvalue weighted by atomic mass is 9.82. The van der Waals surface area contributed by atoms with Gasteiger partial charge in [-0.05, 0) is 105 Å². The Labute approximate surface area is 314 Å². The van der Waals surface area contributed by atoms with Gasteiger partial charge in [-0.15, -0.1) is 0 Å². The molecular weight excluding hydrogens is 653 g/mol. The van der Waals surface area contributed by atoms with Crippen LogP contribution in [0.3, 0.4) is 0 Å². The molecule has 0 amide bonds. The number of para-hydroxylation sites is 3. The van der Waals surface area contributed by atoms with Gasteiger partial charge in [0.2, 0.25) is 0 Å². The molecule has 0 aliphatic heterocycles. The van der Waals surface area contributed by atoms with E-state index < -0.39 is 0 Å². The monoisotopic (exact) mass is 688 g/mol.